The van der Waals surface area contributed by atoms with Crippen molar-refractivity contribution in [2.45, 2.75) is 64.0 Å². The Kier molecular flexibility index (Phi) is 4.48. The lowest BCUT2D eigenvalue weighted by atomic mass is 9.54. The number of hydrogen-bond acceptors (Lipinski definition) is 2. The molecule has 4 aliphatic carbocycles. The van der Waals surface area contributed by atoms with E-state index >= 15 is 0 Å². The number of hydrogen-bond donors (Lipinski definition) is 0. The van der Waals surface area contributed by atoms with E-state index in [1.807, 2.05) is 18.0 Å². The number of nitrogens with zero attached hydrogens (tertiary/aromatic N) is 2. The van der Waals surface area contributed by atoms with E-state index in [4.69, 9.17) is 0 Å². The van der Waals surface area contributed by atoms with Gasteiger partial charge in [-0.25, -0.2) is 0 Å². The second-order valence-electron chi connectivity index (χ2n) is 9.81. The summed E-state index contributed by atoms with van der Waals surface area (Å²) in [6.45, 7) is 2.35. The Hall–Kier alpha value is -1.84. The molecular weight excluding hydrogens is 348 g/mol. The van der Waals surface area contributed by atoms with Crippen LogP contribution < -0.4 is 0 Å². The topological polar surface area (TPSA) is 40.6 Å². The number of amides is 2. The number of fused-ring (bicyclic) bond motifs is 1. The van der Waals surface area contributed by atoms with Gasteiger partial charge in [-0.15, -0.1) is 0 Å². The molecule has 4 bridgehead atoms. The lowest BCUT2D eigenvalue weighted by Gasteiger charge is -2.56. The van der Waals surface area contributed by atoms with E-state index in [-0.39, 0.29) is 17.9 Å². The summed E-state index contributed by atoms with van der Waals surface area (Å²) in [5.74, 6) is 3.52. The van der Waals surface area contributed by atoms with Crippen LogP contribution in [0.4, 0.5) is 0 Å². The maximum atomic E-state index is 13.4. The zero-order chi connectivity index (χ0) is 19.4. The molecule has 5 aliphatic rings. The van der Waals surface area contributed by atoms with Gasteiger partial charge >= 0.3 is 0 Å². The highest BCUT2D eigenvalue weighted by Crippen LogP contribution is 2.55. The molecule has 0 radical (unpaired) electrons. The summed E-state index contributed by atoms with van der Waals surface area (Å²) >= 11 is 0. The van der Waals surface area contributed by atoms with Crippen LogP contribution in [0, 0.1) is 23.7 Å². The van der Waals surface area contributed by atoms with Gasteiger partial charge in [0, 0.05) is 26.6 Å². The Morgan fingerprint density at radius 3 is 2.32 bits per heavy atom. The molecule has 150 valence electrons. The largest absolute Gasteiger partial charge is 0.342 e. The van der Waals surface area contributed by atoms with Crippen molar-refractivity contribution >= 4 is 11.8 Å². The molecule has 1 aliphatic heterocycles. The lowest BCUT2D eigenvalue weighted by molar-refractivity contribution is -0.144. The van der Waals surface area contributed by atoms with Gasteiger partial charge in [0.15, 0.2) is 0 Å². The number of rotatable bonds is 3. The fraction of sp³-hybridized carbons (Fsp3) is 0.667. The van der Waals surface area contributed by atoms with Crippen molar-refractivity contribution < 1.29 is 9.59 Å². The molecule has 1 aromatic rings. The van der Waals surface area contributed by atoms with Crippen LogP contribution in [-0.4, -0.2) is 41.2 Å². The normalized spacial score (nSPS) is 35.6. The molecule has 28 heavy (non-hydrogen) atoms. The third-order valence-electron chi connectivity index (χ3n) is 8.20. The summed E-state index contributed by atoms with van der Waals surface area (Å²) in [7, 11) is 2.03. The zero-order valence-corrected chi connectivity index (χ0v) is 17.1. The third kappa shape index (κ3) is 2.96. The Morgan fingerprint density at radius 1 is 1.04 bits per heavy atom. The fourth-order valence-electron chi connectivity index (χ4n) is 7.25. The van der Waals surface area contributed by atoms with Crippen LogP contribution in [-0.2, 0) is 16.0 Å². The Balaban J connectivity index is 1.36. The van der Waals surface area contributed by atoms with E-state index in [0.29, 0.717) is 30.8 Å². The van der Waals surface area contributed by atoms with Gasteiger partial charge in [0.1, 0.15) is 0 Å². The van der Waals surface area contributed by atoms with Crippen molar-refractivity contribution in [1.29, 1.82) is 0 Å². The second-order valence-corrected chi connectivity index (χ2v) is 9.81. The van der Waals surface area contributed by atoms with Crippen molar-refractivity contribution in [3.8, 4) is 0 Å². The van der Waals surface area contributed by atoms with Gasteiger partial charge in [-0.05, 0) is 73.3 Å². The first-order chi connectivity index (χ1) is 13.5. The van der Waals surface area contributed by atoms with Crippen LogP contribution in [0.1, 0.15) is 62.6 Å². The minimum Gasteiger partial charge on any atom is -0.342 e. The van der Waals surface area contributed by atoms with E-state index in [9.17, 15) is 9.59 Å². The van der Waals surface area contributed by atoms with Crippen molar-refractivity contribution in [3.05, 3.63) is 35.4 Å². The molecule has 1 atom stereocenters. The number of carbonyl (C=O) groups is 2. The van der Waals surface area contributed by atoms with Gasteiger partial charge in [0.05, 0.1) is 12.5 Å². The molecule has 0 spiro atoms. The van der Waals surface area contributed by atoms with Crippen LogP contribution in [0.5, 0.6) is 0 Å². The summed E-state index contributed by atoms with van der Waals surface area (Å²) in [6, 6.07) is 8.64. The molecule has 6 rings (SSSR count). The molecule has 2 amide bonds. The van der Waals surface area contributed by atoms with Crippen LogP contribution in [0.25, 0.3) is 0 Å². The van der Waals surface area contributed by atoms with Gasteiger partial charge in [-0.2, -0.15) is 0 Å². The van der Waals surface area contributed by atoms with Gasteiger partial charge in [0.2, 0.25) is 11.8 Å². The standard InChI is InChI=1S/C24H32N2O2/c1-15(27)26-8-7-18-5-3-4-6-21(18)22(26)14-23(28)25(2)24-19-10-16-9-17(12-19)13-20(24)11-16/h3-6,16-17,19-20,22,24H,7-14H2,1-2H3. The average Bonchev–Trinajstić information content (AvgIpc) is 2.67. The van der Waals surface area contributed by atoms with Crippen LogP contribution >= 0.6 is 0 Å². The Morgan fingerprint density at radius 2 is 1.68 bits per heavy atom. The minimum absolute atomic E-state index is 0.0737. The Bertz CT molecular complexity index is 761. The quantitative estimate of drug-likeness (QED) is 0.800. The Labute approximate surface area is 168 Å². The highest BCUT2D eigenvalue weighted by molar-refractivity contribution is 5.80. The fourth-order valence-corrected chi connectivity index (χ4v) is 7.25. The van der Waals surface area contributed by atoms with Crippen LogP contribution in [0.15, 0.2) is 24.3 Å². The summed E-state index contributed by atoms with van der Waals surface area (Å²) in [5, 5.41) is 0. The monoisotopic (exact) mass is 380 g/mol. The van der Waals surface area contributed by atoms with Crippen molar-refractivity contribution in [2.24, 2.45) is 23.7 Å². The third-order valence-corrected chi connectivity index (χ3v) is 8.20. The number of benzene rings is 1. The van der Waals surface area contributed by atoms with Gasteiger partial charge in [-0.3, -0.25) is 9.59 Å². The lowest BCUT2D eigenvalue weighted by Crippen LogP contribution is -2.56. The minimum atomic E-state index is -0.116. The molecule has 0 N–H and O–H groups in total. The summed E-state index contributed by atoms with van der Waals surface area (Å²) < 4.78 is 0. The molecule has 0 aromatic heterocycles. The maximum Gasteiger partial charge on any atom is 0.225 e. The first kappa shape index (κ1) is 18.2. The molecule has 1 aromatic carbocycles. The van der Waals surface area contributed by atoms with Crippen LogP contribution in [0.2, 0.25) is 0 Å². The molecule has 1 unspecified atom stereocenters. The molecule has 4 nitrogen and oxygen atoms in total. The van der Waals surface area contributed by atoms with Gasteiger partial charge in [-0.1, -0.05) is 24.3 Å². The SMILES string of the molecule is CC(=O)N1CCc2ccccc2C1CC(=O)N(C)C1C2CC3CC(C2)CC1C3. The molecule has 0 saturated heterocycles. The first-order valence-corrected chi connectivity index (χ1v) is 11.1. The smallest absolute Gasteiger partial charge is 0.225 e. The second kappa shape index (κ2) is 6.89. The van der Waals surface area contributed by atoms with E-state index < -0.39 is 0 Å². The maximum absolute atomic E-state index is 13.4. The molecule has 4 heteroatoms. The highest BCUT2D eigenvalue weighted by atomic mass is 16.2. The van der Waals surface area contributed by atoms with Crippen molar-refractivity contribution in [1.82, 2.24) is 9.80 Å². The number of carbonyl (C=O) groups excluding carboxylic acids is 2. The van der Waals surface area contributed by atoms with E-state index in [1.165, 1.54) is 37.7 Å². The molecule has 4 fully saturated rings. The molecule has 1 heterocycles. The zero-order valence-electron chi connectivity index (χ0n) is 17.1. The summed E-state index contributed by atoms with van der Waals surface area (Å²) in [5.41, 5.74) is 2.45. The van der Waals surface area contributed by atoms with Gasteiger partial charge < -0.3 is 9.80 Å². The first-order valence-electron chi connectivity index (χ1n) is 11.1. The molecule has 4 saturated carbocycles. The van der Waals surface area contributed by atoms with Gasteiger partial charge in [0.25, 0.3) is 0 Å². The summed E-state index contributed by atoms with van der Waals surface area (Å²) in [6.07, 6.45) is 8.01. The molecular formula is C24H32N2O2. The predicted molar refractivity (Wildman–Crippen MR) is 108 cm³/mol. The summed E-state index contributed by atoms with van der Waals surface area (Å²) in [4.78, 5) is 29.7. The van der Waals surface area contributed by atoms with E-state index in [1.54, 1.807) is 6.92 Å². The van der Waals surface area contributed by atoms with E-state index in [2.05, 4.69) is 23.1 Å². The van der Waals surface area contributed by atoms with Crippen molar-refractivity contribution in [3.63, 3.8) is 0 Å². The average molecular weight is 381 g/mol. The van der Waals surface area contributed by atoms with Crippen molar-refractivity contribution in [2.75, 3.05) is 13.6 Å². The van der Waals surface area contributed by atoms with E-state index in [0.717, 1.165) is 23.8 Å². The van der Waals surface area contributed by atoms with Crippen LogP contribution in [0.3, 0.4) is 0 Å². The predicted octanol–water partition coefficient (Wildman–Crippen LogP) is 3.81. The highest BCUT2D eigenvalue weighted by Gasteiger charge is 2.50.